The average molecular weight is 298 g/mol. The van der Waals surface area contributed by atoms with Gasteiger partial charge in [-0.3, -0.25) is 0 Å². The van der Waals surface area contributed by atoms with Crippen LogP contribution in [0.15, 0.2) is 6.07 Å². The number of hydrogen-bond acceptors (Lipinski definition) is 6. The minimum Gasteiger partial charge on any atom is -0.370 e. The van der Waals surface area contributed by atoms with E-state index in [1.54, 1.807) is 0 Å². The molecular weight excluding hydrogens is 276 g/mol. The highest BCUT2D eigenvalue weighted by Gasteiger charge is 2.30. The molecule has 1 fully saturated rings. The molecule has 2 N–H and O–H groups in total. The third kappa shape index (κ3) is 3.59. The maximum absolute atomic E-state index is 11.8. The molecular formula is C13H22N4O2S. The van der Waals surface area contributed by atoms with Crippen molar-refractivity contribution in [2.24, 2.45) is 0 Å². The first kappa shape index (κ1) is 15.0. The third-order valence-electron chi connectivity index (χ3n) is 3.42. The summed E-state index contributed by atoms with van der Waals surface area (Å²) in [5.41, 5.74) is 0. The Morgan fingerprint density at radius 3 is 2.50 bits per heavy atom. The van der Waals surface area contributed by atoms with E-state index >= 15 is 0 Å². The van der Waals surface area contributed by atoms with Gasteiger partial charge >= 0.3 is 0 Å². The number of hydrogen-bond donors (Lipinski definition) is 2. The summed E-state index contributed by atoms with van der Waals surface area (Å²) in [6.07, 6.45) is 2.25. The van der Waals surface area contributed by atoms with E-state index in [-0.39, 0.29) is 5.25 Å². The average Bonchev–Trinajstić information content (AvgIpc) is 2.75. The maximum Gasteiger partial charge on any atom is 0.154 e. The zero-order valence-electron chi connectivity index (χ0n) is 12.0. The summed E-state index contributed by atoms with van der Waals surface area (Å²) < 4.78 is 23.6. The molecule has 1 unspecified atom stereocenters. The van der Waals surface area contributed by atoms with Crippen LogP contribution >= 0.6 is 0 Å². The lowest BCUT2D eigenvalue weighted by Gasteiger charge is -2.13. The second kappa shape index (κ2) is 6.39. The lowest BCUT2D eigenvalue weighted by molar-refractivity contribution is 0.591. The van der Waals surface area contributed by atoms with Gasteiger partial charge in [-0.1, -0.05) is 6.92 Å². The van der Waals surface area contributed by atoms with E-state index in [9.17, 15) is 8.42 Å². The molecule has 1 aliphatic rings. The third-order valence-corrected chi connectivity index (χ3v) is 5.70. The van der Waals surface area contributed by atoms with Crippen molar-refractivity contribution < 1.29 is 8.42 Å². The Bertz CT molecular complexity index is 559. The Hall–Kier alpha value is -1.37. The predicted molar refractivity (Wildman–Crippen MR) is 80.9 cm³/mol. The Morgan fingerprint density at radius 2 is 1.95 bits per heavy atom. The Morgan fingerprint density at radius 1 is 1.25 bits per heavy atom. The highest BCUT2D eigenvalue weighted by atomic mass is 32.2. The van der Waals surface area contributed by atoms with Crippen LogP contribution in [0.3, 0.4) is 0 Å². The van der Waals surface area contributed by atoms with Gasteiger partial charge in [0.15, 0.2) is 9.84 Å². The van der Waals surface area contributed by atoms with E-state index in [1.807, 2.05) is 19.9 Å². The Kier molecular flexibility index (Phi) is 4.80. The molecule has 2 heterocycles. The molecule has 1 atom stereocenters. The fourth-order valence-electron chi connectivity index (χ4n) is 2.32. The molecule has 1 aliphatic heterocycles. The predicted octanol–water partition coefficient (Wildman–Crippen LogP) is 1.46. The number of rotatable bonds is 6. The molecule has 1 saturated heterocycles. The van der Waals surface area contributed by atoms with Crippen LogP contribution in [-0.4, -0.2) is 42.5 Å². The quantitative estimate of drug-likeness (QED) is 0.827. The number of aryl methyl sites for hydroxylation is 1. The van der Waals surface area contributed by atoms with E-state index in [2.05, 4.69) is 20.6 Å². The zero-order chi connectivity index (χ0) is 14.6. The lowest BCUT2D eigenvalue weighted by atomic mass is 10.2. The van der Waals surface area contributed by atoms with Gasteiger partial charge in [0, 0.05) is 25.6 Å². The van der Waals surface area contributed by atoms with Crippen molar-refractivity contribution in [2.75, 3.05) is 29.5 Å². The van der Waals surface area contributed by atoms with E-state index in [4.69, 9.17) is 0 Å². The molecule has 112 valence electrons. The van der Waals surface area contributed by atoms with E-state index in [1.165, 1.54) is 0 Å². The Balaban J connectivity index is 2.07. The molecule has 0 aromatic carbocycles. The van der Waals surface area contributed by atoms with Gasteiger partial charge in [-0.15, -0.1) is 0 Å². The molecule has 7 heteroatoms. The molecule has 20 heavy (non-hydrogen) atoms. The van der Waals surface area contributed by atoms with Crippen LogP contribution in [0.2, 0.25) is 0 Å². The molecule has 6 nitrogen and oxygen atoms in total. The van der Waals surface area contributed by atoms with Crippen LogP contribution in [-0.2, 0) is 16.3 Å². The van der Waals surface area contributed by atoms with Gasteiger partial charge in [-0.05, 0) is 19.8 Å². The van der Waals surface area contributed by atoms with Crippen molar-refractivity contribution in [3.05, 3.63) is 11.9 Å². The largest absolute Gasteiger partial charge is 0.370 e. The number of aromatic nitrogens is 2. The van der Waals surface area contributed by atoms with Crippen LogP contribution in [0.1, 0.15) is 32.5 Å². The van der Waals surface area contributed by atoms with E-state index in [0.29, 0.717) is 18.1 Å². The zero-order valence-corrected chi connectivity index (χ0v) is 12.8. The molecule has 0 amide bonds. The summed E-state index contributed by atoms with van der Waals surface area (Å²) in [7, 11) is -2.91. The first-order valence-electron chi connectivity index (χ1n) is 7.12. The monoisotopic (exact) mass is 298 g/mol. The lowest BCUT2D eigenvalue weighted by Crippen LogP contribution is -2.25. The van der Waals surface area contributed by atoms with Crippen LogP contribution in [0.5, 0.6) is 0 Å². The Labute approximate surface area is 120 Å². The van der Waals surface area contributed by atoms with Crippen LogP contribution in [0.4, 0.5) is 11.6 Å². The van der Waals surface area contributed by atoms with Gasteiger partial charge in [0.2, 0.25) is 0 Å². The molecule has 1 aromatic rings. The second-order valence-corrected chi connectivity index (χ2v) is 7.35. The van der Waals surface area contributed by atoms with Gasteiger partial charge in [0.05, 0.1) is 11.0 Å². The molecule has 0 spiro atoms. The van der Waals surface area contributed by atoms with E-state index < -0.39 is 9.84 Å². The minimum atomic E-state index is -2.91. The van der Waals surface area contributed by atoms with Crippen molar-refractivity contribution in [3.8, 4) is 0 Å². The highest BCUT2D eigenvalue weighted by Crippen LogP contribution is 2.20. The molecule has 0 radical (unpaired) electrons. The van der Waals surface area contributed by atoms with Gasteiger partial charge in [0.25, 0.3) is 0 Å². The minimum absolute atomic E-state index is 0.287. The van der Waals surface area contributed by atoms with Crippen molar-refractivity contribution in [2.45, 2.75) is 38.4 Å². The summed E-state index contributed by atoms with van der Waals surface area (Å²) in [4.78, 5) is 8.76. The fraction of sp³-hybridized carbons (Fsp3) is 0.692. The second-order valence-electron chi connectivity index (χ2n) is 4.95. The van der Waals surface area contributed by atoms with Gasteiger partial charge < -0.3 is 10.6 Å². The van der Waals surface area contributed by atoms with Crippen LogP contribution in [0, 0.1) is 0 Å². The van der Waals surface area contributed by atoms with Gasteiger partial charge in [-0.2, -0.15) is 0 Å². The summed E-state index contributed by atoms with van der Waals surface area (Å²) >= 11 is 0. The summed E-state index contributed by atoms with van der Waals surface area (Å²) in [6.45, 7) is 5.22. The maximum atomic E-state index is 11.8. The molecule has 0 bridgehead atoms. The number of anilines is 2. The standard InChI is InChI=1S/C13H22N4O2S/c1-3-11-16-12(14-4-2)8-13(17-11)15-9-10-6-5-7-20(10,18)19/h8,10H,3-7,9H2,1-2H3,(H2,14,15,16,17). The van der Waals surface area contributed by atoms with E-state index in [0.717, 1.165) is 37.4 Å². The summed E-state index contributed by atoms with van der Waals surface area (Å²) in [6, 6.07) is 1.82. The SMILES string of the molecule is CCNc1cc(NCC2CCCS2(=O)=O)nc(CC)n1. The van der Waals surface area contributed by atoms with Crippen molar-refractivity contribution in [3.63, 3.8) is 0 Å². The number of sulfone groups is 1. The van der Waals surface area contributed by atoms with Gasteiger partial charge in [-0.25, -0.2) is 18.4 Å². The molecule has 2 rings (SSSR count). The van der Waals surface area contributed by atoms with Crippen molar-refractivity contribution in [1.82, 2.24) is 9.97 Å². The van der Waals surface area contributed by atoms with Crippen LogP contribution in [0.25, 0.3) is 0 Å². The number of nitrogens with one attached hydrogen (secondary N) is 2. The number of nitrogens with zero attached hydrogens (tertiary/aromatic N) is 2. The highest BCUT2D eigenvalue weighted by molar-refractivity contribution is 7.92. The van der Waals surface area contributed by atoms with Gasteiger partial charge in [0.1, 0.15) is 17.5 Å². The first-order valence-corrected chi connectivity index (χ1v) is 8.84. The molecule has 0 aliphatic carbocycles. The van der Waals surface area contributed by atoms with Crippen molar-refractivity contribution >= 4 is 21.5 Å². The molecule has 1 aromatic heterocycles. The van der Waals surface area contributed by atoms with Crippen LogP contribution < -0.4 is 10.6 Å². The topological polar surface area (TPSA) is 84.0 Å². The fourth-order valence-corrected chi connectivity index (χ4v) is 4.09. The summed E-state index contributed by atoms with van der Waals surface area (Å²) in [5, 5.41) is 6.02. The first-order chi connectivity index (χ1) is 9.55. The summed E-state index contributed by atoms with van der Waals surface area (Å²) in [5.74, 6) is 2.53. The van der Waals surface area contributed by atoms with Crippen molar-refractivity contribution in [1.29, 1.82) is 0 Å². The smallest absolute Gasteiger partial charge is 0.154 e. The normalized spacial score (nSPS) is 20.8. The molecule has 0 saturated carbocycles.